The summed E-state index contributed by atoms with van der Waals surface area (Å²) < 4.78 is 5.61. The van der Waals surface area contributed by atoms with Crippen molar-refractivity contribution in [2.75, 3.05) is 0 Å². The Bertz CT molecular complexity index is 746. The molecular formula is C17H18N2O. The number of hydrogen-bond acceptors (Lipinski definition) is 3. The lowest BCUT2D eigenvalue weighted by atomic mass is 9.97. The molecule has 3 N–H and O–H groups in total. The molecule has 0 radical (unpaired) electrons. The fourth-order valence-electron chi connectivity index (χ4n) is 2.69. The van der Waals surface area contributed by atoms with Crippen LogP contribution in [0.25, 0.3) is 10.8 Å². The van der Waals surface area contributed by atoms with Crippen molar-refractivity contribution in [3.05, 3.63) is 71.2 Å². The molecule has 3 heteroatoms. The van der Waals surface area contributed by atoms with E-state index in [1.54, 1.807) is 0 Å². The Labute approximate surface area is 118 Å². The van der Waals surface area contributed by atoms with Gasteiger partial charge in [0, 0.05) is 5.56 Å². The Morgan fingerprint density at radius 3 is 2.40 bits per heavy atom. The third-order valence-electron chi connectivity index (χ3n) is 3.66. The van der Waals surface area contributed by atoms with E-state index in [-0.39, 0.29) is 6.04 Å². The lowest BCUT2D eigenvalue weighted by molar-refractivity contribution is 0.495. The zero-order valence-electron chi connectivity index (χ0n) is 11.7. The molecule has 3 aromatic rings. The third-order valence-corrected chi connectivity index (χ3v) is 3.66. The molecular weight excluding hydrogens is 248 g/mol. The van der Waals surface area contributed by atoms with Gasteiger partial charge in [0.15, 0.2) is 0 Å². The highest BCUT2D eigenvalue weighted by Crippen LogP contribution is 2.28. The van der Waals surface area contributed by atoms with Crippen LogP contribution in [0.5, 0.6) is 0 Å². The van der Waals surface area contributed by atoms with Crippen LogP contribution in [0.2, 0.25) is 0 Å². The average molecular weight is 266 g/mol. The van der Waals surface area contributed by atoms with Crippen molar-refractivity contribution in [1.29, 1.82) is 0 Å². The predicted octanol–water partition coefficient (Wildman–Crippen LogP) is 3.60. The summed E-state index contributed by atoms with van der Waals surface area (Å²) in [5.74, 6) is 7.57. The summed E-state index contributed by atoms with van der Waals surface area (Å²) in [6.45, 7) is 3.91. The van der Waals surface area contributed by atoms with Crippen LogP contribution in [-0.4, -0.2) is 0 Å². The van der Waals surface area contributed by atoms with E-state index in [1.807, 2.05) is 32.0 Å². The number of nitrogens with two attached hydrogens (primary N) is 1. The van der Waals surface area contributed by atoms with Gasteiger partial charge in [-0.05, 0) is 42.3 Å². The Morgan fingerprint density at radius 1 is 1.00 bits per heavy atom. The molecule has 20 heavy (non-hydrogen) atoms. The zero-order chi connectivity index (χ0) is 14.1. The maximum Gasteiger partial charge on any atom is 0.106 e. The molecule has 1 aromatic heterocycles. The second-order valence-corrected chi connectivity index (χ2v) is 5.07. The molecule has 0 aliphatic rings. The molecule has 1 atom stereocenters. The molecule has 0 fully saturated rings. The second-order valence-electron chi connectivity index (χ2n) is 5.07. The summed E-state index contributed by atoms with van der Waals surface area (Å²) in [6, 6.07) is 16.7. The molecule has 3 rings (SSSR count). The first kappa shape index (κ1) is 12.9. The van der Waals surface area contributed by atoms with Crippen LogP contribution in [0.3, 0.4) is 0 Å². The van der Waals surface area contributed by atoms with Crippen molar-refractivity contribution < 1.29 is 4.42 Å². The normalized spacial score (nSPS) is 12.8. The first-order valence-electron chi connectivity index (χ1n) is 6.71. The van der Waals surface area contributed by atoms with Crippen molar-refractivity contribution in [2.24, 2.45) is 5.84 Å². The van der Waals surface area contributed by atoms with Gasteiger partial charge in [0.2, 0.25) is 0 Å². The number of rotatable bonds is 3. The molecule has 1 heterocycles. The molecule has 0 amide bonds. The van der Waals surface area contributed by atoms with E-state index >= 15 is 0 Å². The van der Waals surface area contributed by atoms with Gasteiger partial charge in [-0.2, -0.15) is 0 Å². The molecule has 102 valence electrons. The smallest absolute Gasteiger partial charge is 0.106 e. The number of nitrogens with one attached hydrogen (secondary N) is 1. The molecule has 0 saturated heterocycles. The van der Waals surface area contributed by atoms with E-state index < -0.39 is 0 Å². The van der Waals surface area contributed by atoms with E-state index in [4.69, 9.17) is 10.3 Å². The minimum atomic E-state index is -0.0583. The predicted molar refractivity (Wildman–Crippen MR) is 81.3 cm³/mol. The van der Waals surface area contributed by atoms with Gasteiger partial charge < -0.3 is 4.42 Å². The maximum atomic E-state index is 5.77. The fraction of sp³-hybridized carbons (Fsp3) is 0.176. The van der Waals surface area contributed by atoms with Crippen molar-refractivity contribution in [1.82, 2.24) is 5.43 Å². The van der Waals surface area contributed by atoms with Crippen molar-refractivity contribution >= 4 is 10.8 Å². The quantitative estimate of drug-likeness (QED) is 0.562. The molecule has 1 unspecified atom stereocenters. The zero-order valence-corrected chi connectivity index (χ0v) is 11.7. The Balaban J connectivity index is 2.09. The van der Waals surface area contributed by atoms with Crippen LogP contribution < -0.4 is 11.3 Å². The summed E-state index contributed by atoms with van der Waals surface area (Å²) in [5.41, 5.74) is 5.11. The third kappa shape index (κ3) is 2.22. The molecule has 0 aliphatic heterocycles. The van der Waals surface area contributed by atoms with E-state index in [0.29, 0.717) is 0 Å². The summed E-state index contributed by atoms with van der Waals surface area (Å²) in [6.07, 6.45) is 0. The highest BCUT2D eigenvalue weighted by atomic mass is 16.3. The first-order valence-corrected chi connectivity index (χ1v) is 6.71. The van der Waals surface area contributed by atoms with Crippen molar-refractivity contribution in [2.45, 2.75) is 19.9 Å². The average Bonchev–Trinajstić information content (AvgIpc) is 2.78. The number of furan rings is 1. The minimum Gasteiger partial charge on any atom is -0.466 e. The van der Waals surface area contributed by atoms with Crippen molar-refractivity contribution in [3.63, 3.8) is 0 Å². The molecule has 0 saturated carbocycles. The van der Waals surface area contributed by atoms with Gasteiger partial charge in [0.1, 0.15) is 11.5 Å². The molecule has 0 aliphatic carbocycles. The molecule has 0 spiro atoms. The number of fused-ring (bicyclic) bond motifs is 1. The standard InChI is InChI=1S/C17H18N2O/c1-11-9-16(12(2)20-11)17(19-18)15-8-7-13-5-3-4-6-14(13)10-15/h3-10,17,19H,18H2,1-2H3. The number of aryl methyl sites for hydroxylation is 2. The highest BCUT2D eigenvalue weighted by Gasteiger charge is 2.18. The van der Waals surface area contributed by atoms with Gasteiger partial charge in [-0.15, -0.1) is 0 Å². The topological polar surface area (TPSA) is 51.2 Å². The fourth-order valence-corrected chi connectivity index (χ4v) is 2.69. The van der Waals surface area contributed by atoms with E-state index in [2.05, 4.69) is 35.8 Å². The molecule has 2 aromatic carbocycles. The van der Waals surface area contributed by atoms with Crippen molar-refractivity contribution in [3.8, 4) is 0 Å². The van der Waals surface area contributed by atoms with Gasteiger partial charge in [-0.25, -0.2) is 5.43 Å². The minimum absolute atomic E-state index is 0.0583. The van der Waals surface area contributed by atoms with E-state index in [9.17, 15) is 0 Å². The van der Waals surface area contributed by atoms with Crippen LogP contribution in [0.1, 0.15) is 28.7 Å². The number of hydrogen-bond donors (Lipinski definition) is 2. The SMILES string of the molecule is Cc1cc(C(NN)c2ccc3ccccc3c2)c(C)o1. The van der Waals surface area contributed by atoms with Crippen LogP contribution >= 0.6 is 0 Å². The van der Waals surface area contributed by atoms with Gasteiger partial charge >= 0.3 is 0 Å². The van der Waals surface area contributed by atoms with Crippen LogP contribution in [0.4, 0.5) is 0 Å². The number of hydrazine groups is 1. The van der Waals surface area contributed by atoms with Gasteiger partial charge in [-0.1, -0.05) is 36.4 Å². The monoisotopic (exact) mass is 266 g/mol. The maximum absolute atomic E-state index is 5.77. The lowest BCUT2D eigenvalue weighted by Crippen LogP contribution is -2.29. The van der Waals surface area contributed by atoms with Gasteiger partial charge in [0.05, 0.1) is 6.04 Å². The van der Waals surface area contributed by atoms with E-state index in [1.165, 1.54) is 10.8 Å². The Hall–Kier alpha value is -2.10. The lowest BCUT2D eigenvalue weighted by Gasteiger charge is -2.16. The molecule has 0 bridgehead atoms. The Kier molecular flexibility index (Phi) is 3.30. The van der Waals surface area contributed by atoms with Gasteiger partial charge in [0.25, 0.3) is 0 Å². The van der Waals surface area contributed by atoms with Crippen LogP contribution in [0.15, 0.2) is 52.9 Å². The molecule has 3 nitrogen and oxygen atoms in total. The summed E-state index contributed by atoms with van der Waals surface area (Å²) >= 11 is 0. The first-order chi connectivity index (χ1) is 9.69. The van der Waals surface area contributed by atoms with E-state index in [0.717, 1.165) is 22.6 Å². The van der Waals surface area contributed by atoms with Crippen LogP contribution in [-0.2, 0) is 0 Å². The highest BCUT2D eigenvalue weighted by molar-refractivity contribution is 5.83. The Morgan fingerprint density at radius 2 is 1.75 bits per heavy atom. The largest absolute Gasteiger partial charge is 0.466 e. The summed E-state index contributed by atoms with van der Waals surface area (Å²) in [7, 11) is 0. The van der Waals surface area contributed by atoms with Gasteiger partial charge in [-0.3, -0.25) is 5.84 Å². The second kappa shape index (κ2) is 5.12. The summed E-state index contributed by atoms with van der Waals surface area (Å²) in [5, 5.41) is 2.44. The van der Waals surface area contributed by atoms with Crippen LogP contribution in [0, 0.1) is 13.8 Å². The number of benzene rings is 2. The summed E-state index contributed by atoms with van der Waals surface area (Å²) in [4.78, 5) is 0.